The summed E-state index contributed by atoms with van der Waals surface area (Å²) in [6, 6.07) is 8.63. The number of nitrogens with zero attached hydrogens (tertiary/aromatic N) is 1. The molecular weight excluding hydrogens is 331 g/mol. The lowest BCUT2D eigenvalue weighted by Crippen LogP contribution is -2.43. The van der Waals surface area contributed by atoms with Gasteiger partial charge in [0.25, 0.3) is 5.91 Å². The number of carbonyl (C=O) groups is 1. The van der Waals surface area contributed by atoms with E-state index < -0.39 is 17.5 Å². The summed E-state index contributed by atoms with van der Waals surface area (Å²) in [5, 5.41) is 0. The van der Waals surface area contributed by atoms with Crippen LogP contribution in [0.4, 0.5) is 13.2 Å². The van der Waals surface area contributed by atoms with Crippen molar-refractivity contribution in [2.75, 3.05) is 13.1 Å². The van der Waals surface area contributed by atoms with Gasteiger partial charge >= 0.3 is 0 Å². The minimum atomic E-state index is -0.517. The lowest BCUT2D eigenvalue weighted by molar-refractivity contribution is -0.00769. The van der Waals surface area contributed by atoms with Crippen LogP contribution in [0, 0.1) is 17.5 Å². The van der Waals surface area contributed by atoms with E-state index in [9.17, 15) is 18.0 Å². The summed E-state index contributed by atoms with van der Waals surface area (Å²) in [4.78, 5) is 14.1. The molecule has 6 heteroatoms. The Labute approximate surface area is 144 Å². The molecule has 1 aliphatic rings. The van der Waals surface area contributed by atoms with Crippen molar-refractivity contribution < 1.29 is 22.7 Å². The fraction of sp³-hybridized carbons (Fsp3) is 0.316. The highest BCUT2D eigenvalue weighted by molar-refractivity contribution is 5.94. The fourth-order valence-corrected chi connectivity index (χ4v) is 2.90. The quantitative estimate of drug-likeness (QED) is 0.837. The van der Waals surface area contributed by atoms with E-state index in [0.29, 0.717) is 18.7 Å². The summed E-state index contributed by atoms with van der Waals surface area (Å²) in [6.07, 6.45) is 1.24. The molecular formula is C19H18F3NO2. The lowest BCUT2D eigenvalue weighted by atomic mass is 10.1. The second-order valence-electron chi connectivity index (χ2n) is 6.07. The summed E-state index contributed by atoms with van der Waals surface area (Å²) < 4.78 is 45.5. The van der Waals surface area contributed by atoms with Crippen LogP contribution in [0.15, 0.2) is 42.5 Å². The number of hydrogen-bond acceptors (Lipinski definition) is 2. The molecule has 1 aliphatic heterocycles. The molecule has 1 saturated heterocycles. The zero-order valence-corrected chi connectivity index (χ0v) is 13.6. The zero-order valence-electron chi connectivity index (χ0n) is 13.6. The van der Waals surface area contributed by atoms with Crippen LogP contribution in [0.25, 0.3) is 0 Å². The van der Waals surface area contributed by atoms with Gasteiger partial charge in [0.1, 0.15) is 17.5 Å². The number of rotatable bonds is 4. The molecule has 1 atom stereocenters. The number of likely N-dealkylation sites (tertiary alicyclic amines) is 1. The average molecular weight is 349 g/mol. The Bertz CT molecular complexity index is 749. The first-order chi connectivity index (χ1) is 12.0. The summed E-state index contributed by atoms with van der Waals surface area (Å²) in [5.41, 5.74) is 0.570. The third-order valence-electron chi connectivity index (χ3n) is 4.24. The summed E-state index contributed by atoms with van der Waals surface area (Å²) in [7, 11) is 0. The van der Waals surface area contributed by atoms with Crippen molar-refractivity contribution in [2.24, 2.45) is 0 Å². The van der Waals surface area contributed by atoms with Crippen LogP contribution in [0.2, 0.25) is 0 Å². The molecule has 25 heavy (non-hydrogen) atoms. The van der Waals surface area contributed by atoms with Gasteiger partial charge in [0.05, 0.1) is 12.7 Å². The van der Waals surface area contributed by atoms with E-state index in [1.807, 2.05) is 0 Å². The molecule has 3 nitrogen and oxygen atoms in total. The van der Waals surface area contributed by atoms with Crippen molar-refractivity contribution in [3.63, 3.8) is 0 Å². The molecule has 3 rings (SSSR count). The monoisotopic (exact) mass is 349 g/mol. The number of carbonyl (C=O) groups excluding carboxylic acids is 1. The smallest absolute Gasteiger partial charge is 0.253 e. The summed E-state index contributed by atoms with van der Waals surface area (Å²) >= 11 is 0. The molecule has 0 bridgehead atoms. The number of benzene rings is 2. The second-order valence-corrected chi connectivity index (χ2v) is 6.07. The molecule has 0 radical (unpaired) electrons. The van der Waals surface area contributed by atoms with Gasteiger partial charge in [0.15, 0.2) is 0 Å². The Morgan fingerprint density at radius 3 is 2.56 bits per heavy atom. The topological polar surface area (TPSA) is 29.5 Å². The molecule has 2 aromatic rings. The van der Waals surface area contributed by atoms with Crippen molar-refractivity contribution >= 4 is 5.91 Å². The van der Waals surface area contributed by atoms with Crippen molar-refractivity contribution in [1.82, 2.24) is 4.90 Å². The first-order valence-electron chi connectivity index (χ1n) is 8.13. The zero-order chi connectivity index (χ0) is 17.8. The molecule has 1 heterocycles. The number of amides is 1. The Morgan fingerprint density at radius 2 is 1.80 bits per heavy atom. The molecule has 2 aromatic carbocycles. The van der Waals surface area contributed by atoms with Crippen LogP contribution in [-0.4, -0.2) is 30.0 Å². The van der Waals surface area contributed by atoms with Gasteiger partial charge in [0, 0.05) is 24.2 Å². The second kappa shape index (κ2) is 7.70. The van der Waals surface area contributed by atoms with E-state index in [4.69, 9.17) is 4.74 Å². The Balaban J connectivity index is 1.60. The maximum atomic E-state index is 13.6. The first kappa shape index (κ1) is 17.5. The largest absolute Gasteiger partial charge is 0.372 e. The number of halogens is 3. The molecule has 0 spiro atoms. The minimum Gasteiger partial charge on any atom is -0.372 e. The standard InChI is InChI=1S/C19H18F3NO2/c20-15-5-3-13(4-6-15)19(24)23-9-1-2-17(11-23)25-12-14-10-16(21)7-8-18(14)22/h3-8,10,17H,1-2,9,11-12H2/t17-/m1/s1. The number of hydrogen-bond donors (Lipinski definition) is 0. The van der Waals surface area contributed by atoms with Gasteiger partial charge in [-0.05, 0) is 55.3 Å². The van der Waals surface area contributed by atoms with E-state index >= 15 is 0 Å². The normalized spacial score (nSPS) is 17.6. The molecule has 132 valence electrons. The molecule has 0 unspecified atom stereocenters. The summed E-state index contributed by atoms with van der Waals surface area (Å²) in [5.74, 6) is -1.62. The van der Waals surface area contributed by atoms with Gasteiger partial charge in [-0.25, -0.2) is 13.2 Å². The van der Waals surface area contributed by atoms with Gasteiger partial charge in [-0.3, -0.25) is 4.79 Å². The van der Waals surface area contributed by atoms with E-state index in [2.05, 4.69) is 0 Å². The van der Waals surface area contributed by atoms with Crippen molar-refractivity contribution in [2.45, 2.75) is 25.6 Å². The molecule has 0 aliphatic carbocycles. The molecule has 0 aromatic heterocycles. The first-order valence-corrected chi connectivity index (χ1v) is 8.13. The predicted octanol–water partition coefficient (Wildman–Crippen LogP) is 3.93. The highest BCUT2D eigenvalue weighted by atomic mass is 19.1. The van der Waals surface area contributed by atoms with Gasteiger partial charge in [0.2, 0.25) is 0 Å². The minimum absolute atomic E-state index is 0.0488. The Morgan fingerprint density at radius 1 is 1.08 bits per heavy atom. The molecule has 0 N–H and O–H groups in total. The van der Waals surface area contributed by atoms with Gasteiger partial charge < -0.3 is 9.64 Å². The molecule has 0 saturated carbocycles. The SMILES string of the molecule is O=C(c1ccc(F)cc1)N1CCC[C@@H](OCc2cc(F)ccc2F)C1. The third kappa shape index (κ3) is 4.39. The highest BCUT2D eigenvalue weighted by Gasteiger charge is 2.25. The third-order valence-corrected chi connectivity index (χ3v) is 4.24. The number of ether oxygens (including phenoxy) is 1. The molecule has 1 fully saturated rings. The van der Waals surface area contributed by atoms with Gasteiger partial charge in [-0.1, -0.05) is 0 Å². The van der Waals surface area contributed by atoms with Crippen LogP contribution in [0.1, 0.15) is 28.8 Å². The maximum Gasteiger partial charge on any atom is 0.253 e. The van der Waals surface area contributed by atoms with Crippen molar-refractivity contribution in [3.05, 3.63) is 71.0 Å². The summed E-state index contributed by atoms with van der Waals surface area (Å²) in [6.45, 7) is 0.907. The van der Waals surface area contributed by atoms with Crippen LogP contribution in [-0.2, 0) is 11.3 Å². The predicted molar refractivity (Wildman–Crippen MR) is 86.5 cm³/mol. The Hall–Kier alpha value is -2.34. The van der Waals surface area contributed by atoms with Crippen molar-refractivity contribution in [3.8, 4) is 0 Å². The Kier molecular flexibility index (Phi) is 5.38. The highest BCUT2D eigenvalue weighted by Crippen LogP contribution is 2.19. The average Bonchev–Trinajstić information content (AvgIpc) is 2.63. The van der Waals surface area contributed by atoms with E-state index in [1.54, 1.807) is 4.90 Å². The van der Waals surface area contributed by atoms with Crippen molar-refractivity contribution in [1.29, 1.82) is 0 Å². The van der Waals surface area contributed by atoms with Crippen LogP contribution < -0.4 is 0 Å². The fourth-order valence-electron chi connectivity index (χ4n) is 2.90. The van der Waals surface area contributed by atoms with Gasteiger partial charge in [-0.2, -0.15) is 0 Å². The van der Waals surface area contributed by atoms with E-state index in [1.165, 1.54) is 24.3 Å². The van der Waals surface area contributed by atoms with Crippen LogP contribution in [0.3, 0.4) is 0 Å². The van der Waals surface area contributed by atoms with Crippen LogP contribution in [0.5, 0.6) is 0 Å². The maximum absolute atomic E-state index is 13.6. The van der Waals surface area contributed by atoms with E-state index in [0.717, 1.165) is 31.0 Å². The lowest BCUT2D eigenvalue weighted by Gasteiger charge is -2.32. The van der Waals surface area contributed by atoms with E-state index in [-0.39, 0.29) is 24.2 Å². The molecule has 1 amide bonds. The van der Waals surface area contributed by atoms with Gasteiger partial charge in [-0.15, -0.1) is 0 Å². The van der Waals surface area contributed by atoms with Crippen LogP contribution >= 0.6 is 0 Å². The number of piperidine rings is 1.